The van der Waals surface area contributed by atoms with Crippen LogP contribution >= 0.6 is 0 Å². The second kappa shape index (κ2) is 47.9. The minimum Gasteiger partial charge on any atom is -0.462 e. The van der Waals surface area contributed by atoms with Crippen LogP contribution in [0.5, 0.6) is 0 Å². The van der Waals surface area contributed by atoms with Gasteiger partial charge < -0.3 is 14.2 Å². The zero-order chi connectivity index (χ0) is 42.1. The molecule has 0 heterocycles. The molecular formula is C53H86O5. The summed E-state index contributed by atoms with van der Waals surface area (Å²) in [5.74, 6) is -0.476. The number of carbonyl (C=O) groups excluding carboxylic acids is 2. The molecule has 0 spiro atoms. The number of hydrogen-bond donors (Lipinski definition) is 0. The van der Waals surface area contributed by atoms with Gasteiger partial charge in [0.15, 0.2) is 6.10 Å². The number of esters is 2. The van der Waals surface area contributed by atoms with E-state index in [0.717, 1.165) is 116 Å². The Kier molecular flexibility index (Phi) is 45.1. The van der Waals surface area contributed by atoms with Gasteiger partial charge >= 0.3 is 11.9 Å². The van der Waals surface area contributed by atoms with E-state index in [4.69, 9.17) is 14.2 Å². The third kappa shape index (κ3) is 45.3. The van der Waals surface area contributed by atoms with Crippen LogP contribution in [0.15, 0.2) is 109 Å². The average molecular weight is 803 g/mol. The highest BCUT2D eigenvalue weighted by Crippen LogP contribution is 2.12. The second-order valence-corrected chi connectivity index (χ2v) is 14.9. The van der Waals surface area contributed by atoms with Crippen LogP contribution in [-0.4, -0.2) is 37.9 Å². The van der Waals surface area contributed by atoms with E-state index in [0.29, 0.717) is 19.4 Å². The van der Waals surface area contributed by atoms with Gasteiger partial charge in [0.2, 0.25) is 0 Å². The summed E-state index contributed by atoms with van der Waals surface area (Å²) in [5, 5.41) is 0. The Hall–Kier alpha value is -3.44. The van der Waals surface area contributed by atoms with E-state index < -0.39 is 6.10 Å². The standard InChI is InChI=1S/C53H86O5/c1-4-7-10-13-16-19-21-23-25-27-28-30-32-35-37-40-43-46-52(54)57-50-51(58-53(55)47-44-41-38-34-18-15-12-9-6-3)49-56-48-45-42-39-36-33-31-29-26-24-22-20-17-14-11-8-5-2/h7-8,10-11,16-17,19-20,23-26,28,30-31,33,39,42,51H,4-6,9,12-15,18,21-22,27,29,32,34-38,40-41,43-50H2,1-3H3/b10-7-,11-8-,19-16-,20-17-,25-23-,26-24-,30-28-,33-31-,42-39-. The van der Waals surface area contributed by atoms with Crippen molar-refractivity contribution in [3.05, 3.63) is 109 Å². The summed E-state index contributed by atoms with van der Waals surface area (Å²) in [6.07, 6.45) is 65.4. The van der Waals surface area contributed by atoms with Crippen molar-refractivity contribution in [3.63, 3.8) is 0 Å². The Morgan fingerprint density at radius 3 is 1.24 bits per heavy atom. The number of unbranched alkanes of at least 4 members (excludes halogenated alkanes) is 12. The molecule has 328 valence electrons. The third-order valence-electron chi connectivity index (χ3n) is 9.32. The fourth-order valence-corrected chi connectivity index (χ4v) is 5.92. The maximum atomic E-state index is 12.7. The van der Waals surface area contributed by atoms with Crippen LogP contribution in [0.1, 0.15) is 188 Å². The molecule has 58 heavy (non-hydrogen) atoms. The van der Waals surface area contributed by atoms with Crippen molar-refractivity contribution in [2.75, 3.05) is 19.8 Å². The van der Waals surface area contributed by atoms with Crippen LogP contribution in [0.4, 0.5) is 0 Å². The van der Waals surface area contributed by atoms with E-state index in [9.17, 15) is 9.59 Å². The topological polar surface area (TPSA) is 61.8 Å². The number of rotatable bonds is 41. The summed E-state index contributed by atoms with van der Waals surface area (Å²) in [5.41, 5.74) is 0. The molecule has 0 radical (unpaired) electrons. The molecule has 0 saturated carbocycles. The lowest BCUT2D eigenvalue weighted by atomic mass is 10.1. The van der Waals surface area contributed by atoms with E-state index in [2.05, 4.69) is 130 Å². The summed E-state index contributed by atoms with van der Waals surface area (Å²) in [7, 11) is 0. The van der Waals surface area contributed by atoms with Crippen molar-refractivity contribution >= 4 is 11.9 Å². The summed E-state index contributed by atoms with van der Waals surface area (Å²) in [6.45, 7) is 7.33. The van der Waals surface area contributed by atoms with Crippen LogP contribution in [0.2, 0.25) is 0 Å². The van der Waals surface area contributed by atoms with Crippen molar-refractivity contribution in [2.45, 2.75) is 194 Å². The fourth-order valence-electron chi connectivity index (χ4n) is 5.92. The van der Waals surface area contributed by atoms with E-state index >= 15 is 0 Å². The maximum Gasteiger partial charge on any atom is 0.306 e. The molecule has 0 rings (SSSR count). The number of hydrogen-bond acceptors (Lipinski definition) is 5. The first-order chi connectivity index (χ1) is 28.6. The first kappa shape index (κ1) is 54.6. The summed E-state index contributed by atoms with van der Waals surface area (Å²) in [4.78, 5) is 25.2. The smallest absolute Gasteiger partial charge is 0.306 e. The minimum absolute atomic E-state index is 0.0375. The molecule has 0 aromatic heterocycles. The fraction of sp³-hybridized carbons (Fsp3) is 0.623. The Morgan fingerprint density at radius 2 is 0.776 bits per heavy atom. The van der Waals surface area contributed by atoms with E-state index in [1.165, 1.54) is 38.5 Å². The molecule has 0 aliphatic rings. The molecule has 1 atom stereocenters. The molecular weight excluding hydrogens is 717 g/mol. The van der Waals surface area contributed by atoms with Gasteiger partial charge in [-0.15, -0.1) is 0 Å². The van der Waals surface area contributed by atoms with Gasteiger partial charge in [0.05, 0.1) is 13.2 Å². The maximum absolute atomic E-state index is 12.7. The number of ether oxygens (including phenoxy) is 3. The van der Waals surface area contributed by atoms with Crippen LogP contribution in [0, 0.1) is 0 Å². The molecule has 0 bridgehead atoms. The first-order valence-corrected chi connectivity index (χ1v) is 23.4. The van der Waals surface area contributed by atoms with Crippen molar-refractivity contribution < 1.29 is 23.8 Å². The monoisotopic (exact) mass is 803 g/mol. The predicted octanol–water partition coefficient (Wildman–Crippen LogP) is 15.7. The second-order valence-electron chi connectivity index (χ2n) is 14.9. The SMILES string of the molecule is CC/C=C\C/C=C\C/C=C\C/C=C\C/C=C\CCOCC(COC(=O)CCCCCC/C=C\C/C=C\C/C=C\C/C=C\CC)OC(=O)CCCCCCCCCCC. The molecule has 0 aromatic carbocycles. The first-order valence-electron chi connectivity index (χ1n) is 23.4. The molecule has 0 saturated heterocycles. The van der Waals surface area contributed by atoms with Crippen LogP contribution in [0.25, 0.3) is 0 Å². The molecule has 5 heteroatoms. The molecule has 0 amide bonds. The van der Waals surface area contributed by atoms with Gasteiger partial charge in [-0.25, -0.2) is 0 Å². The Bertz CT molecular complexity index is 1180. The van der Waals surface area contributed by atoms with Gasteiger partial charge in [0.25, 0.3) is 0 Å². The average Bonchev–Trinajstić information content (AvgIpc) is 3.22. The largest absolute Gasteiger partial charge is 0.462 e. The zero-order valence-corrected chi connectivity index (χ0v) is 37.5. The van der Waals surface area contributed by atoms with Crippen LogP contribution in [-0.2, 0) is 23.8 Å². The Balaban J connectivity index is 4.39. The van der Waals surface area contributed by atoms with Gasteiger partial charge in [-0.2, -0.15) is 0 Å². The van der Waals surface area contributed by atoms with Crippen molar-refractivity contribution in [3.8, 4) is 0 Å². The molecule has 0 aliphatic heterocycles. The molecule has 0 N–H and O–H groups in total. The molecule has 0 fully saturated rings. The highest BCUT2D eigenvalue weighted by atomic mass is 16.6. The van der Waals surface area contributed by atoms with Gasteiger partial charge in [-0.1, -0.05) is 194 Å². The molecule has 1 unspecified atom stereocenters. The third-order valence-corrected chi connectivity index (χ3v) is 9.32. The lowest BCUT2D eigenvalue weighted by Gasteiger charge is -2.18. The van der Waals surface area contributed by atoms with Crippen molar-refractivity contribution in [2.24, 2.45) is 0 Å². The highest BCUT2D eigenvalue weighted by Gasteiger charge is 2.17. The lowest BCUT2D eigenvalue weighted by molar-refractivity contribution is -0.162. The van der Waals surface area contributed by atoms with Gasteiger partial charge in [0.1, 0.15) is 6.61 Å². The van der Waals surface area contributed by atoms with Crippen LogP contribution < -0.4 is 0 Å². The minimum atomic E-state index is -0.588. The predicted molar refractivity (Wildman–Crippen MR) is 251 cm³/mol. The number of allylic oxidation sites excluding steroid dienone is 17. The molecule has 5 nitrogen and oxygen atoms in total. The summed E-state index contributed by atoms with van der Waals surface area (Å²) < 4.78 is 17.2. The summed E-state index contributed by atoms with van der Waals surface area (Å²) >= 11 is 0. The highest BCUT2D eigenvalue weighted by molar-refractivity contribution is 5.70. The van der Waals surface area contributed by atoms with Gasteiger partial charge in [0, 0.05) is 12.8 Å². The normalized spacial score (nSPS) is 13.2. The molecule has 0 aliphatic carbocycles. The molecule has 0 aromatic rings. The van der Waals surface area contributed by atoms with Gasteiger partial charge in [-0.05, 0) is 89.9 Å². The zero-order valence-electron chi connectivity index (χ0n) is 37.5. The van der Waals surface area contributed by atoms with E-state index in [1.807, 2.05) is 0 Å². The van der Waals surface area contributed by atoms with Crippen LogP contribution in [0.3, 0.4) is 0 Å². The van der Waals surface area contributed by atoms with E-state index in [-0.39, 0.29) is 25.2 Å². The summed E-state index contributed by atoms with van der Waals surface area (Å²) in [6, 6.07) is 0. The van der Waals surface area contributed by atoms with E-state index in [1.54, 1.807) is 0 Å². The quantitative estimate of drug-likeness (QED) is 0.0350. The van der Waals surface area contributed by atoms with Crippen molar-refractivity contribution in [1.82, 2.24) is 0 Å². The Morgan fingerprint density at radius 1 is 0.397 bits per heavy atom. The number of carbonyl (C=O) groups is 2. The van der Waals surface area contributed by atoms with Gasteiger partial charge in [-0.3, -0.25) is 9.59 Å². The Labute approximate surface area is 357 Å². The lowest BCUT2D eigenvalue weighted by Crippen LogP contribution is -2.30. The van der Waals surface area contributed by atoms with Crippen molar-refractivity contribution in [1.29, 1.82) is 0 Å².